The minimum atomic E-state index is 0.267. The van der Waals surface area contributed by atoms with Gasteiger partial charge in [0.15, 0.2) is 0 Å². The van der Waals surface area contributed by atoms with Gasteiger partial charge in [0.1, 0.15) is 0 Å². The van der Waals surface area contributed by atoms with Gasteiger partial charge in [-0.05, 0) is 36.9 Å². The van der Waals surface area contributed by atoms with E-state index in [9.17, 15) is 4.79 Å². The molecule has 1 heterocycles. The number of carbonyl (C=O) groups is 1. The molecule has 3 nitrogen and oxygen atoms in total. The molecule has 1 aliphatic heterocycles. The van der Waals surface area contributed by atoms with E-state index in [2.05, 4.69) is 22.4 Å². The van der Waals surface area contributed by atoms with Crippen LogP contribution in [0.4, 0.5) is 0 Å². The Bertz CT molecular complexity index is 329. The Labute approximate surface area is 122 Å². The number of piperazine rings is 1. The number of hydrogen-bond donors (Lipinski definition) is 1. The van der Waals surface area contributed by atoms with E-state index in [0.717, 1.165) is 44.4 Å². The van der Waals surface area contributed by atoms with Gasteiger partial charge in [0.2, 0.25) is 5.91 Å². The monoisotopic (exact) mass is 282 g/mol. The zero-order valence-electron chi connectivity index (χ0n) is 11.8. The van der Waals surface area contributed by atoms with Crippen LogP contribution < -0.4 is 0 Å². The highest BCUT2D eigenvalue weighted by molar-refractivity contribution is 7.80. The highest BCUT2D eigenvalue weighted by Gasteiger charge is 2.44. The maximum Gasteiger partial charge on any atom is 0.223 e. The number of thiol groups is 1. The second kappa shape index (κ2) is 5.65. The standard InChI is InChI=1S/C15H26N2OS/c18-14(11-15(12-19)5-6-15)17-9-7-16(8-10-17)13-3-1-2-4-13/h13,19H,1-12H2. The first-order valence-corrected chi connectivity index (χ1v) is 8.48. The molecule has 1 amide bonds. The van der Waals surface area contributed by atoms with E-state index >= 15 is 0 Å². The lowest BCUT2D eigenvalue weighted by atomic mass is 10.0. The molecule has 0 aromatic carbocycles. The van der Waals surface area contributed by atoms with Crippen molar-refractivity contribution in [2.75, 3.05) is 31.9 Å². The molecule has 2 aliphatic carbocycles. The quantitative estimate of drug-likeness (QED) is 0.799. The lowest BCUT2D eigenvalue weighted by Crippen LogP contribution is -2.51. The molecule has 0 radical (unpaired) electrons. The molecule has 3 fully saturated rings. The zero-order valence-corrected chi connectivity index (χ0v) is 12.7. The Hall–Kier alpha value is -0.220. The van der Waals surface area contributed by atoms with Crippen molar-refractivity contribution in [2.45, 2.75) is 51.0 Å². The predicted octanol–water partition coefficient (Wildman–Crippen LogP) is 2.17. The Balaban J connectivity index is 1.45. The molecule has 3 rings (SSSR count). The summed E-state index contributed by atoms with van der Waals surface area (Å²) in [6, 6.07) is 0.810. The number of nitrogens with zero attached hydrogens (tertiary/aromatic N) is 2. The SMILES string of the molecule is O=C(CC1(CS)CC1)N1CCN(C2CCCC2)CC1. The molecular weight excluding hydrogens is 256 g/mol. The third kappa shape index (κ3) is 3.10. The average Bonchev–Trinajstić information content (AvgIpc) is 3.01. The molecule has 0 N–H and O–H groups in total. The highest BCUT2D eigenvalue weighted by Crippen LogP contribution is 2.49. The van der Waals surface area contributed by atoms with Crippen molar-refractivity contribution >= 4 is 18.5 Å². The molecule has 0 atom stereocenters. The van der Waals surface area contributed by atoms with Gasteiger partial charge < -0.3 is 4.90 Å². The van der Waals surface area contributed by atoms with Crippen molar-refractivity contribution in [3.63, 3.8) is 0 Å². The van der Waals surface area contributed by atoms with Crippen LogP contribution in [0.25, 0.3) is 0 Å². The molecular formula is C15H26N2OS. The normalized spacial score (nSPS) is 27.7. The minimum absolute atomic E-state index is 0.267. The molecule has 0 bridgehead atoms. The average molecular weight is 282 g/mol. The topological polar surface area (TPSA) is 23.6 Å². The number of carbonyl (C=O) groups excluding carboxylic acids is 1. The van der Waals surface area contributed by atoms with E-state index in [0.29, 0.717) is 5.91 Å². The van der Waals surface area contributed by atoms with Crippen molar-refractivity contribution in [3.05, 3.63) is 0 Å². The van der Waals surface area contributed by atoms with Crippen molar-refractivity contribution < 1.29 is 4.79 Å². The maximum absolute atomic E-state index is 12.3. The van der Waals surface area contributed by atoms with Crippen molar-refractivity contribution in [3.8, 4) is 0 Å². The van der Waals surface area contributed by atoms with Crippen molar-refractivity contribution in [1.82, 2.24) is 9.80 Å². The van der Waals surface area contributed by atoms with Crippen LogP contribution in [0, 0.1) is 5.41 Å². The van der Waals surface area contributed by atoms with E-state index in [1.807, 2.05) is 0 Å². The van der Waals surface area contributed by atoms with Gasteiger partial charge in [0.25, 0.3) is 0 Å². The number of amides is 1. The summed E-state index contributed by atoms with van der Waals surface area (Å²) in [6.45, 7) is 4.06. The number of hydrogen-bond acceptors (Lipinski definition) is 3. The third-order valence-corrected chi connectivity index (χ3v) is 6.00. The fourth-order valence-corrected chi connectivity index (χ4v) is 4.03. The Kier molecular flexibility index (Phi) is 4.08. The highest BCUT2D eigenvalue weighted by atomic mass is 32.1. The summed E-state index contributed by atoms with van der Waals surface area (Å²) in [5.74, 6) is 1.25. The summed E-state index contributed by atoms with van der Waals surface area (Å²) in [7, 11) is 0. The fraction of sp³-hybridized carbons (Fsp3) is 0.933. The summed E-state index contributed by atoms with van der Waals surface area (Å²) < 4.78 is 0. The molecule has 0 aromatic rings. The van der Waals surface area contributed by atoms with Crippen LogP contribution >= 0.6 is 12.6 Å². The van der Waals surface area contributed by atoms with Crippen LogP contribution in [-0.4, -0.2) is 53.7 Å². The van der Waals surface area contributed by atoms with Gasteiger partial charge >= 0.3 is 0 Å². The molecule has 0 unspecified atom stereocenters. The molecule has 3 aliphatic rings. The third-order valence-electron chi connectivity index (χ3n) is 5.33. The summed E-state index contributed by atoms with van der Waals surface area (Å²) in [6.07, 6.45) is 8.67. The largest absolute Gasteiger partial charge is 0.340 e. The molecule has 108 valence electrons. The second-order valence-electron chi connectivity index (χ2n) is 6.69. The Morgan fingerprint density at radius 1 is 1.11 bits per heavy atom. The van der Waals surface area contributed by atoms with E-state index in [4.69, 9.17) is 0 Å². The van der Waals surface area contributed by atoms with Gasteiger partial charge in [-0.2, -0.15) is 12.6 Å². The van der Waals surface area contributed by atoms with E-state index in [1.165, 1.54) is 38.5 Å². The van der Waals surface area contributed by atoms with Crippen LogP contribution in [0.2, 0.25) is 0 Å². The van der Waals surface area contributed by atoms with Crippen molar-refractivity contribution in [2.24, 2.45) is 5.41 Å². The minimum Gasteiger partial charge on any atom is -0.340 e. The lowest BCUT2D eigenvalue weighted by Gasteiger charge is -2.38. The second-order valence-corrected chi connectivity index (χ2v) is 7.01. The Morgan fingerprint density at radius 3 is 2.26 bits per heavy atom. The van der Waals surface area contributed by atoms with Gasteiger partial charge in [-0.3, -0.25) is 9.69 Å². The van der Waals surface area contributed by atoms with E-state index in [1.54, 1.807) is 0 Å². The van der Waals surface area contributed by atoms with E-state index < -0.39 is 0 Å². The zero-order chi connectivity index (χ0) is 13.3. The molecule has 0 spiro atoms. The first-order chi connectivity index (χ1) is 9.22. The van der Waals surface area contributed by atoms with E-state index in [-0.39, 0.29) is 5.41 Å². The lowest BCUT2D eigenvalue weighted by molar-refractivity contribution is -0.134. The van der Waals surface area contributed by atoms with Gasteiger partial charge in [-0.25, -0.2) is 0 Å². The molecule has 4 heteroatoms. The van der Waals surface area contributed by atoms with Crippen LogP contribution in [0.3, 0.4) is 0 Å². The fourth-order valence-electron chi connectivity index (χ4n) is 3.61. The Morgan fingerprint density at radius 2 is 1.74 bits per heavy atom. The summed E-state index contributed by atoms with van der Waals surface area (Å²) in [4.78, 5) is 17.0. The first-order valence-electron chi connectivity index (χ1n) is 7.85. The van der Waals surface area contributed by atoms with Gasteiger partial charge in [0.05, 0.1) is 0 Å². The van der Waals surface area contributed by atoms with Gasteiger partial charge in [-0.15, -0.1) is 0 Å². The molecule has 2 saturated carbocycles. The van der Waals surface area contributed by atoms with Crippen LogP contribution in [0.1, 0.15) is 44.9 Å². The van der Waals surface area contributed by atoms with Gasteiger partial charge in [-0.1, -0.05) is 12.8 Å². The predicted molar refractivity (Wildman–Crippen MR) is 80.5 cm³/mol. The summed E-state index contributed by atoms with van der Waals surface area (Å²) >= 11 is 4.40. The van der Waals surface area contributed by atoms with Crippen LogP contribution in [-0.2, 0) is 4.79 Å². The molecule has 1 saturated heterocycles. The van der Waals surface area contributed by atoms with Crippen LogP contribution in [0.15, 0.2) is 0 Å². The number of rotatable bonds is 4. The van der Waals surface area contributed by atoms with Crippen molar-refractivity contribution in [1.29, 1.82) is 0 Å². The molecule has 0 aromatic heterocycles. The molecule has 19 heavy (non-hydrogen) atoms. The smallest absolute Gasteiger partial charge is 0.223 e. The maximum atomic E-state index is 12.3. The summed E-state index contributed by atoms with van der Waals surface area (Å²) in [5, 5.41) is 0. The van der Waals surface area contributed by atoms with Crippen LogP contribution in [0.5, 0.6) is 0 Å². The van der Waals surface area contributed by atoms with Gasteiger partial charge in [0, 0.05) is 38.6 Å². The first kappa shape index (κ1) is 13.7. The summed E-state index contributed by atoms with van der Waals surface area (Å²) in [5.41, 5.74) is 0.267.